The summed E-state index contributed by atoms with van der Waals surface area (Å²) in [5, 5.41) is 0. The number of hydrogen-bond acceptors (Lipinski definition) is 2. The van der Waals surface area contributed by atoms with Gasteiger partial charge in [-0.3, -0.25) is 0 Å². The Balaban J connectivity index is 1.69. The molecule has 0 radical (unpaired) electrons. The SMILES string of the molecule is Cc1cc2nc(-c3ccc[n+](Cc4cccc(F)c4)c3)oc2cc1C. The third kappa shape index (κ3) is 3.15. The van der Waals surface area contributed by atoms with Crippen molar-refractivity contribution in [3.8, 4) is 11.5 Å². The monoisotopic (exact) mass is 333 g/mol. The standard InChI is InChI=1S/C21H18FN2O/c1-14-9-19-20(10-15(14)2)25-21(23-19)17-6-4-8-24(13-17)12-16-5-3-7-18(22)11-16/h3-11,13H,12H2,1-2H3/q+1. The van der Waals surface area contributed by atoms with Crippen molar-refractivity contribution < 1.29 is 13.4 Å². The van der Waals surface area contributed by atoms with Gasteiger partial charge in [0.05, 0.1) is 0 Å². The molecular formula is C21H18FN2O+. The number of aryl methyl sites for hydroxylation is 2. The van der Waals surface area contributed by atoms with Gasteiger partial charge in [-0.25, -0.2) is 9.37 Å². The highest BCUT2D eigenvalue weighted by Gasteiger charge is 2.13. The average molecular weight is 333 g/mol. The summed E-state index contributed by atoms with van der Waals surface area (Å²) in [4.78, 5) is 4.61. The van der Waals surface area contributed by atoms with Crippen LogP contribution in [0.4, 0.5) is 4.39 Å². The molecule has 4 heteroatoms. The van der Waals surface area contributed by atoms with Crippen molar-refractivity contribution >= 4 is 11.1 Å². The largest absolute Gasteiger partial charge is 0.436 e. The lowest BCUT2D eigenvalue weighted by Crippen LogP contribution is -2.33. The van der Waals surface area contributed by atoms with Crippen LogP contribution in [0.1, 0.15) is 16.7 Å². The number of rotatable bonds is 3. The van der Waals surface area contributed by atoms with Gasteiger partial charge in [0.15, 0.2) is 24.5 Å². The second kappa shape index (κ2) is 6.13. The molecule has 25 heavy (non-hydrogen) atoms. The van der Waals surface area contributed by atoms with Gasteiger partial charge in [-0.05, 0) is 55.3 Å². The summed E-state index contributed by atoms with van der Waals surface area (Å²) in [6.45, 7) is 4.72. The Bertz CT molecular complexity index is 1030. The van der Waals surface area contributed by atoms with Gasteiger partial charge in [0.25, 0.3) is 0 Å². The van der Waals surface area contributed by atoms with Crippen LogP contribution in [0.5, 0.6) is 0 Å². The number of benzene rings is 2. The molecule has 4 rings (SSSR count). The highest BCUT2D eigenvalue weighted by Crippen LogP contribution is 2.25. The third-order valence-corrected chi connectivity index (χ3v) is 4.36. The molecule has 124 valence electrons. The molecule has 0 bridgehead atoms. The maximum absolute atomic E-state index is 13.4. The van der Waals surface area contributed by atoms with Gasteiger partial charge in [-0.1, -0.05) is 12.1 Å². The summed E-state index contributed by atoms with van der Waals surface area (Å²) >= 11 is 0. The van der Waals surface area contributed by atoms with Crippen LogP contribution in [0.2, 0.25) is 0 Å². The Hall–Kier alpha value is -3.01. The number of hydrogen-bond donors (Lipinski definition) is 0. The van der Waals surface area contributed by atoms with Gasteiger partial charge >= 0.3 is 0 Å². The molecule has 0 fully saturated rings. The van der Waals surface area contributed by atoms with Crippen LogP contribution in [0.3, 0.4) is 0 Å². The molecule has 0 aliphatic rings. The van der Waals surface area contributed by atoms with Crippen LogP contribution < -0.4 is 4.57 Å². The molecule has 0 aliphatic carbocycles. The quantitative estimate of drug-likeness (QED) is 0.513. The van der Waals surface area contributed by atoms with Gasteiger partial charge in [0.2, 0.25) is 5.89 Å². The van der Waals surface area contributed by atoms with E-state index in [1.807, 2.05) is 47.3 Å². The Labute approximate surface area is 145 Å². The molecule has 2 heterocycles. The normalized spacial score (nSPS) is 11.2. The smallest absolute Gasteiger partial charge is 0.233 e. The summed E-state index contributed by atoms with van der Waals surface area (Å²) in [6, 6.07) is 14.6. The van der Waals surface area contributed by atoms with Crippen molar-refractivity contribution in [1.29, 1.82) is 0 Å². The zero-order valence-electron chi connectivity index (χ0n) is 14.2. The van der Waals surface area contributed by atoms with E-state index >= 15 is 0 Å². The molecule has 0 N–H and O–H groups in total. The summed E-state index contributed by atoms with van der Waals surface area (Å²) in [5.41, 5.74) is 5.83. The number of halogens is 1. The first-order chi connectivity index (χ1) is 12.1. The zero-order chi connectivity index (χ0) is 17.4. The van der Waals surface area contributed by atoms with Crippen LogP contribution in [-0.4, -0.2) is 4.98 Å². The molecule has 0 aliphatic heterocycles. The topological polar surface area (TPSA) is 29.9 Å². The minimum absolute atomic E-state index is 0.223. The number of fused-ring (bicyclic) bond motifs is 1. The maximum Gasteiger partial charge on any atom is 0.233 e. The third-order valence-electron chi connectivity index (χ3n) is 4.36. The van der Waals surface area contributed by atoms with E-state index in [2.05, 4.69) is 18.8 Å². The molecule has 2 aromatic carbocycles. The lowest BCUT2D eigenvalue weighted by atomic mass is 10.1. The number of nitrogens with zero attached hydrogens (tertiary/aromatic N) is 2. The maximum atomic E-state index is 13.4. The fourth-order valence-electron chi connectivity index (χ4n) is 2.90. The van der Waals surface area contributed by atoms with Crippen molar-refractivity contribution in [3.63, 3.8) is 0 Å². The lowest BCUT2D eigenvalue weighted by Gasteiger charge is -1.99. The first-order valence-electron chi connectivity index (χ1n) is 8.20. The lowest BCUT2D eigenvalue weighted by molar-refractivity contribution is -0.687. The summed E-state index contributed by atoms with van der Waals surface area (Å²) in [5.74, 6) is 0.368. The second-order valence-electron chi connectivity index (χ2n) is 6.32. The van der Waals surface area contributed by atoms with Gasteiger partial charge in [-0.15, -0.1) is 0 Å². The number of pyridine rings is 1. The van der Waals surface area contributed by atoms with E-state index in [9.17, 15) is 4.39 Å². The van der Waals surface area contributed by atoms with Crippen LogP contribution in [0.15, 0.2) is 65.3 Å². The summed E-state index contributed by atoms with van der Waals surface area (Å²) < 4.78 is 21.3. The van der Waals surface area contributed by atoms with E-state index in [4.69, 9.17) is 4.42 Å². The molecule has 0 spiro atoms. The van der Waals surface area contributed by atoms with Crippen molar-refractivity contribution in [2.24, 2.45) is 0 Å². The van der Waals surface area contributed by atoms with Crippen molar-refractivity contribution in [1.82, 2.24) is 4.98 Å². The van der Waals surface area contributed by atoms with Crippen LogP contribution >= 0.6 is 0 Å². The Morgan fingerprint density at radius 3 is 2.72 bits per heavy atom. The minimum atomic E-state index is -0.223. The predicted molar refractivity (Wildman–Crippen MR) is 94.6 cm³/mol. The molecule has 0 atom stereocenters. The van der Waals surface area contributed by atoms with Gasteiger partial charge in [0, 0.05) is 11.6 Å². The molecule has 4 aromatic rings. The molecule has 3 nitrogen and oxygen atoms in total. The highest BCUT2D eigenvalue weighted by molar-refractivity contribution is 5.77. The van der Waals surface area contributed by atoms with Gasteiger partial charge in [0.1, 0.15) is 16.9 Å². The van der Waals surface area contributed by atoms with Crippen LogP contribution in [0.25, 0.3) is 22.6 Å². The average Bonchev–Trinajstić information content (AvgIpc) is 2.98. The van der Waals surface area contributed by atoms with Gasteiger partial charge in [-0.2, -0.15) is 4.57 Å². The summed E-state index contributed by atoms with van der Waals surface area (Å²) in [6.07, 6.45) is 3.92. The van der Waals surface area contributed by atoms with E-state index in [1.165, 1.54) is 17.2 Å². The van der Waals surface area contributed by atoms with Crippen molar-refractivity contribution in [2.45, 2.75) is 20.4 Å². The Kier molecular flexibility index (Phi) is 3.80. The number of oxazole rings is 1. The van der Waals surface area contributed by atoms with Crippen molar-refractivity contribution in [3.05, 3.63) is 83.4 Å². The molecule has 2 aromatic heterocycles. The Morgan fingerprint density at radius 2 is 1.88 bits per heavy atom. The molecular weight excluding hydrogens is 315 g/mol. The van der Waals surface area contributed by atoms with Crippen molar-refractivity contribution in [2.75, 3.05) is 0 Å². The van der Waals surface area contributed by atoms with Crippen LogP contribution in [0, 0.1) is 19.7 Å². The van der Waals surface area contributed by atoms with Gasteiger partial charge < -0.3 is 4.42 Å². The van der Waals surface area contributed by atoms with E-state index in [1.54, 1.807) is 12.1 Å². The minimum Gasteiger partial charge on any atom is -0.436 e. The predicted octanol–water partition coefficient (Wildman–Crippen LogP) is 4.59. The first-order valence-corrected chi connectivity index (χ1v) is 8.20. The van der Waals surface area contributed by atoms with E-state index in [0.29, 0.717) is 12.4 Å². The zero-order valence-corrected chi connectivity index (χ0v) is 14.2. The van der Waals surface area contributed by atoms with E-state index in [0.717, 1.165) is 22.2 Å². The molecule has 0 saturated carbocycles. The number of aromatic nitrogens is 2. The molecule has 0 amide bonds. The highest BCUT2D eigenvalue weighted by atomic mass is 19.1. The van der Waals surface area contributed by atoms with E-state index < -0.39 is 0 Å². The van der Waals surface area contributed by atoms with Crippen LogP contribution in [-0.2, 0) is 6.54 Å². The summed E-state index contributed by atoms with van der Waals surface area (Å²) in [7, 11) is 0. The molecule has 0 unspecified atom stereocenters. The fraction of sp³-hybridized carbons (Fsp3) is 0.143. The fourth-order valence-corrected chi connectivity index (χ4v) is 2.90. The van der Waals surface area contributed by atoms with E-state index in [-0.39, 0.29) is 5.82 Å². The second-order valence-corrected chi connectivity index (χ2v) is 6.32. The first kappa shape index (κ1) is 15.5. The Morgan fingerprint density at radius 1 is 1.04 bits per heavy atom. The molecule has 0 saturated heterocycles.